The highest BCUT2D eigenvalue weighted by Gasteiger charge is 2.27. The van der Waals surface area contributed by atoms with Crippen LogP contribution in [0.25, 0.3) is 10.2 Å². The number of thiophene rings is 1. The number of carbonyl (C=O) groups excluding carboxylic acids is 2. The molecule has 0 radical (unpaired) electrons. The second-order valence-corrected chi connectivity index (χ2v) is 5.14. The molecule has 3 heterocycles. The summed E-state index contributed by atoms with van der Waals surface area (Å²) in [5, 5.41) is 5.86. The Morgan fingerprint density at radius 3 is 2.80 bits per heavy atom. The largest absolute Gasteiger partial charge is 0.372 e. The van der Waals surface area contributed by atoms with Gasteiger partial charge in [0.2, 0.25) is 0 Å². The molecule has 3 rings (SSSR count). The van der Waals surface area contributed by atoms with Crippen LogP contribution >= 0.6 is 11.3 Å². The highest BCUT2D eigenvalue weighted by molar-refractivity contribution is 7.16. The summed E-state index contributed by atoms with van der Waals surface area (Å²) in [4.78, 5) is 34.1. The minimum absolute atomic E-state index is 0.0730. The summed E-state index contributed by atoms with van der Waals surface area (Å²) >= 11 is 1.49. The number of morpholine rings is 1. The predicted molar refractivity (Wildman–Crippen MR) is 73.3 cm³/mol. The topological polar surface area (TPSA) is 84.4 Å². The van der Waals surface area contributed by atoms with Gasteiger partial charge in [-0.05, 0) is 11.4 Å². The van der Waals surface area contributed by atoms with Crippen molar-refractivity contribution in [2.45, 2.75) is 6.54 Å². The van der Waals surface area contributed by atoms with Crippen LogP contribution in [0.3, 0.4) is 0 Å². The van der Waals surface area contributed by atoms with Gasteiger partial charge in [-0.25, -0.2) is 9.97 Å². The highest BCUT2D eigenvalue weighted by atomic mass is 32.1. The van der Waals surface area contributed by atoms with Crippen LogP contribution in [-0.2, 0) is 20.9 Å². The van der Waals surface area contributed by atoms with Crippen molar-refractivity contribution in [1.82, 2.24) is 14.9 Å². The molecule has 1 aliphatic rings. The molecule has 1 N–H and O–H groups in total. The smallest absolute Gasteiger partial charge is 0.255 e. The summed E-state index contributed by atoms with van der Waals surface area (Å²) in [7, 11) is 1.77. The second kappa shape index (κ2) is 5.14. The van der Waals surface area contributed by atoms with Gasteiger partial charge >= 0.3 is 0 Å². The van der Waals surface area contributed by atoms with Crippen LogP contribution in [0.15, 0.2) is 11.4 Å². The quantitative estimate of drug-likeness (QED) is 0.835. The molecule has 0 bridgehead atoms. The molecule has 104 valence electrons. The lowest BCUT2D eigenvalue weighted by molar-refractivity contribution is -0.159. The van der Waals surface area contributed by atoms with Crippen LogP contribution in [-0.4, -0.2) is 46.9 Å². The molecule has 0 atom stereocenters. The molecule has 0 unspecified atom stereocenters. The molecule has 1 saturated heterocycles. The van der Waals surface area contributed by atoms with Crippen molar-refractivity contribution in [2.75, 3.05) is 25.6 Å². The number of nitrogens with one attached hydrogen (secondary N) is 1. The Balaban J connectivity index is 1.93. The van der Waals surface area contributed by atoms with Gasteiger partial charge in [0.05, 0.1) is 11.9 Å². The number of hydrogen-bond donors (Lipinski definition) is 1. The van der Waals surface area contributed by atoms with E-state index in [1.807, 2.05) is 11.4 Å². The summed E-state index contributed by atoms with van der Waals surface area (Å²) < 4.78 is 4.87. The van der Waals surface area contributed by atoms with Gasteiger partial charge in [0.15, 0.2) is 5.82 Å². The Hall–Kier alpha value is -2.06. The molecule has 2 aromatic rings. The first-order valence-electron chi connectivity index (χ1n) is 6.02. The summed E-state index contributed by atoms with van der Waals surface area (Å²) in [6.45, 7) is -0.0821. The highest BCUT2D eigenvalue weighted by Crippen LogP contribution is 2.25. The van der Waals surface area contributed by atoms with E-state index in [2.05, 4.69) is 15.3 Å². The molecule has 2 aromatic heterocycles. The van der Waals surface area contributed by atoms with Crippen LogP contribution in [0.4, 0.5) is 5.82 Å². The first-order valence-corrected chi connectivity index (χ1v) is 6.90. The van der Waals surface area contributed by atoms with Crippen molar-refractivity contribution in [2.24, 2.45) is 0 Å². The van der Waals surface area contributed by atoms with E-state index in [0.29, 0.717) is 11.6 Å². The van der Waals surface area contributed by atoms with Gasteiger partial charge in [-0.2, -0.15) is 0 Å². The van der Waals surface area contributed by atoms with E-state index in [9.17, 15) is 9.59 Å². The minimum atomic E-state index is -0.359. The predicted octanol–water partition coefficient (Wildman–Crippen LogP) is 0.618. The average Bonchev–Trinajstić information content (AvgIpc) is 2.90. The molecule has 0 aliphatic carbocycles. The van der Waals surface area contributed by atoms with Gasteiger partial charge in [-0.1, -0.05) is 0 Å². The number of fused-ring (bicyclic) bond motifs is 1. The maximum atomic E-state index is 11.7. The third-order valence-electron chi connectivity index (χ3n) is 2.96. The number of hydrogen-bond acceptors (Lipinski definition) is 7. The average molecular weight is 292 g/mol. The van der Waals surface area contributed by atoms with E-state index in [-0.39, 0.29) is 31.6 Å². The molecule has 8 heteroatoms. The molecule has 1 fully saturated rings. The number of ether oxygens (including phenoxy) is 1. The van der Waals surface area contributed by atoms with E-state index in [1.165, 1.54) is 11.3 Å². The molecular formula is C12H12N4O3S. The zero-order chi connectivity index (χ0) is 14.1. The minimum Gasteiger partial charge on any atom is -0.372 e. The molecule has 1 aliphatic heterocycles. The van der Waals surface area contributed by atoms with Crippen LogP contribution in [0, 0.1) is 0 Å². The third-order valence-corrected chi connectivity index (χ3v) is 3.77. The number of aromatic nitrogens is 2. The van der Waals surface area contributed by atoms with Crippen molar-refractivity contribution >= 4 is 39.2 Å². The van der Waals surface area contributed by atoms with Gasteiger partial charge in [0.1, 0.15) is 23.9 Å². The molecule has 2 amide bonds. The Labute approximate surface area is 118 Å². The number of rotatable bonds is 3. The van der Waals surface area contributed by atoms with Crippen molar-refractivity contribution in [3.63, 3.8) is 0 Å². The van der Waals surface area contributed by atoms with Gasteiger partial charge < -0.3 is 10.1 Å². The number of amides is 2. The molecule has 20 heavy (non-hydrogen) atoms. The summed E-state index contributed by atoms with van der Waals surface area (Å²) in [6.07, 6.45) is 0. The van der Waals surface area contributed by atoms with Gasteiger partial charge in [-0.15, -0.1) is 11.3 Å². The van der Waals surface area contributed by atoms with Crippen molar-refractivity contribution < 1.29 is 14.3 Å². The van der Waals surface area contributed by atoms with Crippen LogP contribution in [0.1, 0.15) is 5.82 Å². The van der Waals surface area contributed by atoms with Crippen LogP contribution < -0.4 is 5.32 Å². The first-order chi connectivity index (χ1) is 9.69. The summed E-state index contributed by atoms with van der Waals surface area (Å²) in [5.41, 5.74) is 0. The number of carbonyl (C=O) groups is 2. The van der Waals surface area contributed by atoms with Gasteiger partial charge in [-0.3, -0.25) is 14.5 Å². The number of nitrogens with zero attached hydrogens (tertiary/aromatic N) is 3. The SMILES string of the molecule is CNc1nc(CN2C(=O)COCC2=O)nc2sccc12. The lowest BCUT2D eigenvalue weighted by atomic mass is 10.3. The summed E-state index contributed by atoms with van der Waals surface area (Å²) in [5.74, 6) is 0.413. The Bertz CT molecular complexity index is 668. The zero-order valence-corrected chi connectivity index (χ0v) is 11.6. The van der Waals surface area contributed by atoms with E-state index >= 15 is 0 Å². The van der Waals surface area contributed by atoms with E-state index in [0.717, 1.165) is 15.1 Å². The van der Waals surface area contributed by atoms with Crippen LogP contribution in [0.5, 0.6) is 0 Å². The summed E-state index contributed by atoms with van der Waals surface area (Å²) in [6, 6.07) is 1.93. The Kier molecular flexibility index (Phi) is 3.33. The standard InChI is InChI=1S/C12H12N4O3S/c1-13-11-7-2-3-20-12(7)15-8(14-11)4-16-9(17)5-19-6-10(16)18/h2-3H,4-6H2,1H3,(H,13,14,15). The van der Waals surface area contributed by atoms with Gasteiger partial charge in [0.25, 0.3) is 11.8 Å². The van der Waals surface area contributed by atoms with E-state index in [4.69, 9.17) is 4.74 Å². The van der Waals surface area contributed by atoms with Gasteiger partial charge in [0, 0.05) is 7.05 Å². The zero-order valence-electron chi connectivity index (χ0n) is 10.8. The maximum Gasteiger partial charge on any atom is 0.255 e. The normalized spacial score (nSPS) is 15.9. The fourth-order valence-electron chi connectivity index (χ4n) is 2.00. The third kappa shape index (κ3) is 2.23. The molecule has 0 aromatic carbocycles. The molecule has 0 saturated carbocycles. The van der Waals surface area contributed by atoms with E-state index < -0.39 is 0 Å². The fourth-order valence-corrected chi connectivity index (χ4v) is 2.78. The van der Waals surface area contributed by atoms with E-state index in [1.54, 1.807) is 7.05 Å². The number of anilines is 1. The van der Waals surface area contributed by atoms with Crippen molar-refractivity contribution in [3.8, 4) is 0 Å². The Morgan fingerprint density at radius 1 is 1.35 bits per heavy atom. The molecule has 7 nitrogen and oxygen atoms in total. The van der Waals surface area contributed by atoms with Crippen molar-refractivity contribution in [3.05, 3.63) is 17.3 Å². The molecule has 0 spiro atoms. The second-order valence-electron chi connectivity index (χ2n) is 4.24. The monoisotopic (exact) mass is 292 g/mol. The maximum absolute atomic E-state index is 11.7. The van der Waals surface area contributed by atoms with Crippen LogP contribution in [0.2, 0.25) is 0 Å². The number of imide groups is 1. The van der Waals surface area contributed by atoms with Crippen molar-refractivity contribution in [1.29, 1.82) is 0 Å². The fraction of sp³-hybridized carbons (Fsp3) is 0.333. The lowest BCUT2D eigenvalue weighted by Gasteiger charge is -2.24. The Morgan fingerprint density at radius 2 is 2.10 bits per heavy atom. The first kappa shape index (κ1) is 12.9. The lowest BCUT2D eigenvalue weighted by Crippen LogP contribution is -2.45. The molecular weight excluding hydrogens is 280 g/mol.